The number of amides is 1. The van der Waals surface area contributed by atoms with Gasteiger partial charge in [0, 0.05) is 12.6 Å². The SMILES string of the molecule is C[C@H](O)[C@@H](CCOc1cccc(-c2ccccc2)c1)n1cnc(C(N)=O)c1. The second-order valence-electron chi connectivity index (χ2n) is 6.41. The fourth-order valence-corrected chi connectivity index (χ4v) is 2.98. The Balaban J connectivity index is 1.64. The van der Waals surface area contributed by atoms with E-state index in [1.165, 1.54) is 6.33 Å². The molecule has 3 rings (SSSR count). The maximum Gasteiger partial charge on any atom is 0.268 e. The van der Waals surface area contributed by atoms with Crippen molar-refractivity contribution in [1.82, 2.24) is 9.55 Å². The predicted octanol–water partition coefficient (Wildman–Crippen LogP) is 3.04. The molecule has 3 N–H and O–H groups in total. The quantitative estimate of drug-likeness (QED) is 0.642. The topological polar surface area (TPSA) is 90.4 Å². The molecular weight excluding hydrogens is 342 g/mol. The van der Waals surface area contributed by atoms with Crippen molar-refractivity contribution in [3.8, 4) is 16.9 Å². The van der Waals surface area contributed by atoms with Gasteiger partial charge in [-0.25, -0.2) is 4.98 Å². The Morgan fingerprint density at radius 3 is 2.59 bits per heavy atom. The summed E-state index contributed by atoms with van der Waals surface area (Å²) in [5.74, 6) is 0.177. The first-order chi connectivity index (χ1) is 13.0. The van der Waals surface area contributed by atoms with Crippen molar-refractivity contribution in [3.05, 3.63) is 72.8 Å². The number of imidazole rings is 1. The molecule has 1 aromatic heterocycles. The van der Waals surface area contributed by atoms with Crippen molar-refractivity contribution in [2.24, 2.45) is 5.73 Å². The molecule has 0 spiro atoms. The monoisotopic (exact) mass is 365 g/mol. The van der Waals surface area contributed by atoms with Gasteiger partial charge in [0.05, 0.1) is 25.1 Å². The largest absolute Gasteiger partial charge is 0.493 e. The van der Waals surface area contributed by atoms with Crippen LogP contribution in [0.1, 0.15) is 29.9 Å². The molecule has 27 heavy (non-hydrogen) atoms. The van der Waals surface area contributed by atoms with Gasteiger partial charge in [-0.1, -0.05) is 42.5 Å². The smallest absolute Gasteiger partial charge is 0.268 e. The lowest BCUT2D eigenvalue weighted by Gasteiger charge is -2.21. The lowest BCUT2D eigenvalue weighted by Crippen LogP contribution is -2.23. The third-order valence-electron chi connectivity index (χ3n) is 4.42. The van der Waals surface area contributed by atoms with Crippen LogP contribution >= 0.6 is 0 Å². The van der Waals surface area contributed by atoms with E-state index in [2.05, 4.69) is 17.1 Å². The van der Waals surface area contributed by atoms with Crippen molar-refractivity contribution in [2.75, 3.05) is 6.61 Å². The number of hydrogen-bond donors (Lipinski definition) is 2. The third-order valence-corrected chi connectivity index (χ3v) is 4.42. The zero-order chi connectivity index (χ0) is 19.2. The lowest BCUT2D eigenvalue weighted by atomic mass is 10.1. The van der Waals surface area contributed by atoms with E-state index in [-0.39, 0.29) is 11.7 Å². The number of benzene rings is 2. The summed E-state index contributed by atoms with van der Waals surface area (Å²) in [4.78, 5) is 15.2. The van der Waals surface area contributed by atoms with Crippen LogP contribution in [-0.2, 0) is 0 Å². The normalized spacial score (nSPS) is 13.1. The van der Waals surface area contributed by atoms with Crippen molar-refractivity contribution in [1.29, 1.82) is 0 Å². The van der Waals surface area contributed by atoms with E-state index in [1.54, 1.807) is 17.7 Å². The molecule has 0 unspecified atom stereocenters. The fourth-order valence-electron chi connectivity index (χ4n) is 2.98. The van der Waals surface area contributed by atoms with E-state index in [4.69, 9.17) is 10.5 Å². The molecule has 3 aromatic rings. The molecule has 0 aliphatic rings. The van der Waals surface area contributed by atoms with E-state index in [0.29, 0.717) is 13.0 Å². The molecule has 0 bridgehead atoms. The molecule has 2 atom stereocenters. The number of aliphatic hydroxyl groups is 1. The maximum absolute atomic E-state index is 11.2. The van der Waals surface area contributed by atoms with Crippen LogP contribution in [0.2, 0.25) is 0 Å². The highest BCUT2D eigenvalue weighted by atomic mass is 16.5. The highest BCUT2D eigenvalue weighted by molar-refractivity contribution is 5.90. The lowest BCUT2D eigenvalue weighted by molar-refractivity contribution is 0.0993. The van der Waals surface area contributed by atoms with E-state index >= 15 is 0 Å². The van der Waals surface area contributed by atoms with Crippen LogP contribution in [0.3, 0.4) is 0 Å². The van der Waals surface area contributed by atoms with Gasteiger partial charge in [0.1, 0.15) is 11.4 Å². The first-order valence-electron chi connectivity index (χ1n) is 8.84. The summed E-state index contributed by atoms with van der Waals surface area (Å²) < 4.78 is 7.59. The van der Waals surface area contributed by atoms with Crippen molar-refractivity contribution in [3.63, 3.8) is 0 Å². The molecule has 0 saturated carbocycles. The number of aliphatic hydroxyl groups excluding tert-OH is 1. The Bertz CT molecular complexity index is 890. The summed E-state index contributed by atoms with van der Waals surface area (Å²) in [5, 5.41) is 10.1. The second kappa shape index (κ2) is 8.51. The minimum atomic E-state index is -0.626. The number of hydrogen-bond acceptors (Lipinski definition) is 4. The number of carbonyl (C=O) groups excluding carboxylic acids is 1. The summed E-state index contributed by atoms with van der Waals surface area (Å²) >= 11 is 0. The van der Waals surface area contributed by atoms with Crippen molar-refractivity contribution >= 4 is 5.91 Å². The fraction of sp³-hybridized carbons (Fsp3) is 0.238. The molecule has 1 heterocycles. The zero-order valence-corrected chi connectivity index (χ0v) is 15.2. The average Bonchev–Trinajstić information content (AvgIpc) is 3.16. The molecule has 0 fully saturated rings. The van der Waals surface area contributed by atoms with Crippen molar-refractivity contribution < 1.29 is 14.6 Å². The Morgan fingerprint density at radius 2 is 1.93 bits per heavy atom. The van der Waals surface area contributed by atoms with Gasteiger partial charge in [0.25, 0.3) is 5.91 Å². The molecule has 0 aliphatic heterocycles. The molecule has 0 aliphatic carbocycles. The Morgan fingerprint density at radius 1 is 1.19 bits per heavy atom. The Labute approximate surface area is 158 Å². The molecule has 1 amide bonds. The van der Waals surface area contributed by atoms with E-state index in [9.17, 15) is 9.90 Å². The van der Waals surface area contributed by atoms with E-state index in [1.807, 2.05) is 42.5 Å². The van der Waals surface area contributed by atoms with Gasteiger partial charge in [-0.05, 0) is 30.2 Å². The zero-order valence-electron chi connectivity index (χ0n) is 15.2. The van der Waals surface area contributed by atoms with Crippen LogP contribution in [0.15, 0.2) is 67.1 Å². The summed E-state index contributed by atoms with van der Waals surface area (Å²) in [5.41, 5.74) is 7.63. The molecule has 0 saturated heterocycles. The molecule has 140 valence electrons. The minimum absolute atomic E-state index is 0.178. The van der Waals surface area contributed by atoms with Crippen molar-refractivity contribution in [2.45, 2.75) is 25.5 Å². The van der Waals surface area contributed by atoms with Gasteiger partial charge in [0.2, 0.25) is 0 Å². The highest BCUT2D eigenvalue weighted by Gasteiger charge is 2.18. The first-order valence-corrected chi connectivity index (χ1v) is 8.84. The Kier molecular flexibility index (Phi) is 5.88. The van der Waals surface area contributed by atoms with Gasteiger partial charge in [0.15, 0.2) is 0 Å². The third kappa shape index (κ3) is 4.74. The van der Waals surface area contributed by atoms with E-state index < -0.39 is 12.0 Å². The van der Waals surface area contributed by atoms with Crippen LogP contribution in [0.25, 0.3) is 11.1 Å². The predicted molar refractivity (Wildman–Crippen MR) is 103 cm³/mol. The standard InChI is InChI=1S/C21H23N3O3/c1-15(25)20(24-13-19(21(22)26)23-14-24)10-11-27-18-9-5-8-17(12-18)16-6-3-2-4-7-16/h2-9,12-15,20,25H,10-11H2,1H3,(H2,22,26)/t15-,20+/m0/s1. The van der Waals surface area contributed by atoms with Gasteiger partial charge >= 0.3 is 0 Å². The number of nitrogens with two attached hydrogens (primary N) is 1. The number of ether oxygens (including phenoxy) is 1. The molecule has 2 aromatic carbocycles. The number of nitrogens with zero attached hydrogens (tertiary/aromatic N) is 2. The van der Waals surface area contributed by atoms with Gasteiger partial charge in [-0.15, -0.1) is 0 Å². The number of aromatic nitrogens is 2. The summed E-state index contributed by atoms with van der Waals surface area (Å²) in [6.07, 6.45) is 2.99. The highest BCUT2D eigenvalue weighted by Crippen LogP contribution is 2.24. The van der Waals surface area contributed by atoms with Crippen LogP contribution in [0.4, 0.5) is 0 Å². The van der Waals surface area contributed by atoms with Crippen LogP contribution in [0, 0.1) is 0 Å². The first kappa shape index (κ1) is 18.7. The Hall–Kier alpha value is -3.12. The molecular formula is C21H23N3O3. The van der Waals surface area contributed by atoms with Crippen LogP contribution in [0.5, 0.6) is 5.75 Å². The molecule has 6 heteroatoms. The van der Waals surface area contributed by atoms with Gasteiger partial charge < -0.3 is 20.1 Å². The van der Waals surface area contributed by atoms with Crippen LogP contribution in [-0.4, -0.2) is 33.3 Å². The van der Waals surface area contributed by atoms with Gasteiger partial charge in [-0.3, -0.25) is 4.79 Å². The van der Waals surface area contributed by atoms with Gasteiger partial charge in [-0.2, -0.15) is 0 Å². The number of carbonyl (C=O) groups is 1. The average molecular weight is 365 g/mol. The molecule has 6 nitrogen and oxygen atoms in total. The molecule has 0 radical (unpaired) electrons. The minimum Gasteiger partial charge on any atom is -0.493 e. The summed E-state index contributed by atoms with van der Waals surface area (Å²) in [6.45, 7) is 2.11. The van der Waals surface area contributed by atoms with Crippen LogP contribution < -0.4 is 10.5 Å². The summed E-state index contributed by atoms with van der Waals surface area (Å²) in [6, 6.07) is 17.7. The maximum atomic E-state index is 11.2. The second-order valence-corrected chi connectivity index (χ2v) is 6.41. The number of rotatable bonds is 8. The summed E-state index contributed by atoms with van der Waals surface area (Å²) in [7, 11) is 0. The number of primary amides is 1. The van der Waals surface area contributed by atoms with E-state index in [0.717, 1.165) is 16.9 Å².